The number of rotatable bonds is 5. The molecule has 0 aliphatic carbocycles. The Labute approximate surface area is 112 Å². The number of anilines is 1. The van der Waals surface area contributed by atoms with E-state index in [-0.39, 0.29) is 5.91 Å². The lowest BCUT2D eigenvalue weighted by atomic mass is 10.2. The third kappa shape index (κ3) is 3.77. The van der Waals surface area contributed by atoms with E-state index < -0.39 is 0 Å². The molecule has 0 spiro atoms. The highest BCUT2D eigenvalue weighted by Gasteiger charge is 2.07. The highest BCUT2D eigenvalue weighted by Crippen LogP contribution is 2.05. The highest BCUT2D eigenvalue weighted by molar-refractivity contribution is 5.92. The van der Waals surface area contributed by atoms with Crippen LogP contribution in [0, 0.1) is 0 Å². The number of hydrogen-bond donors (Lipinski definition) is 2. The Morgan fingerprint density at radius 1 is 1.26 bits per heavy atom. The predicted molar refractivity (Wildman–Crippen MR) is 73.8 cm³/mol. The van der Waals surface area contributed by atoms with E-state index in [1.54, 1.807) is 18.5 Å². The molecule has 0 fully saturated rings. The second-order valence-electron chi connectivity index (χ2n) is 3.98. The summed E-state index contributed by atoms with van der Waals surface area (Å²) in [5, 5.41) is 5.89. The number of nitrogens with one attached hydrogen (secondary N) is 2. The van der Waals surface area contributed by atoms with Gasteiger partial charge in [-0.05, 0) is 30.7 Å². The standard InChI is InChI=1S/C14H16N4O/c1-2-16-13-7-3-6-12(18-13)14(19)17-10-11-5-4-8-15-9-11/h3-9H,2,10H2,1H3,(H,16,18)(H,17,19). The van der Waals surface area contributed by atoms with Crippen molar-refractivity contribution in [2.45, 2.75) is 13.5 Å². The first kappa shape index (κ1) is 13.0. The molecular formula is C14H16N4O. The molecule has 98 valence electrons. The van der Waals surface area contributed by atoms with Crippen molar-refractivity contribution in [1.29, 1.82) is 0 Å². The molecule has 0 saturated carbocycles. The Morgan fingerprint density at radius 3 is 2.89 bits per heavy atom. The van der Waals surface area contributed by atoms with Gasteiger partial charge in [0.25, 0.3) is 5.91 Å². The minimum atomic E-state index is -0.191. The maximum atomic E-state index is 12.0. The van der Waals surface area contributed by atoms with E-state index >= 15 is 0 Å². The zero-order valence-electron chi connectivity index (χ0n) is 10.8. The molecule has 0 radical (unpaired) electrons. The van der Waals surface area contributed by atoms with Crippen LogP contribution in [0.1, 0.15) is 23.0 Å². The predicted octanol–water partition coefficient (Wildman–Crippen LogP) is 1.84. The Hall–Kier alpha value is -2.43. The largest absolute Gasteiger partial charge is 0.370 e. The Bertz CT molecular complexity index is 542. The average molecular weight is 256 g/mol. The molecule has 0 aromatic carbocycles. The average Bonchev–Trinajstić information content (AvgIpc) is 2.46. The van der Waals surface area contributed by atoms with Crippen LogP contribution in [-0.4, -0.2) is 22.4 Å². The minimum absolute atomic E-state index is 0.191. The summed E-state index contributed by atoms with van der Waals surface area (Å²) < 4.78 is 0. The normalized spacial score (nSPS) is 9.95. The Morgan fingerprint density at radius 2 is 2.16 bits per heavy atom. The second kappa shape index (κ2) is 6.49. The molecule has 2 aromatic heterocycles. The molecule has 2 rings (SSSR count). The lowest BCUT2D eigenvalue weighted by Gasteiger charge is -2.06. The first-order chi connectivity index (χ1) is 9.29. The lowest BCUT2D eigenvalue weighted by Crippen LogP contribution is -2.24. The van der Waals surface area contributed by atoms with Crippen LogP contribution in [0.25, 0.3) is 0 Å². The van der Waals surface area contributed by atoms with E-state index in [4.69, 9.17) is 0 Å². The number of aromatic nitrogens is 2. The van der Waals surface area contributed by atoms with Crippen molar-refractivity contribution in [3.63, 3.8) is 0 Å². The van der Waals surface area contributed by atoms with E-state index in [1.165, 1.54) is 0 Å². The van der Waals surface area contributed by atoms with Crippen LogP contribution >= 0.6 is 0 Å². The van der Waals surface area contributed by atoms with Crippen LogP contribution in [0.15, 0.2) is 42.7 Å². The number of amides is 1. The third-order valence-electron chi connectivity index (χ3n) is 2.52. The van der Waals surface area contributed by atoms with Gasteiger partial charge in [0.1, 0.15) is 11.5 Å². The second-order valence-corrected chi connectivity index (χ2v) is 3.98. The quantitative estimate of drug-likeness (QED) is 0.856. The molecule has 0 aliphatic rings. The van der Waals surface area contributed by atoms with Crippen molar-refractivity contribution in [2.75, 3.05) is 11.9 Å². The van der Waals surface area contributed by atoms with Gasteiger partial charge in [0.2, 0.25) is 0 Å². The van der Waals surface area contributed by atoms with Gasteiger partial charge in [0.15, 0.2) is 0 Å². The number of hydrogen-bond acceptors (Lipinski definition) is 4. The van der Waals surface area contributed by atoms with Crippen molar-refractivity contribution in [3.8, 4) is 0 Å². The Kier molecular flexibility index (Phi) is 4.44. The molecule has 0 bridgehead atoms. The topological polar surface area (TPSA) is 66.9 Å². The van der Waals surface area contributed by atoms with Crippen LogP contribution < -0.4 is 10.6 Å². The van der Waals surface area contributed by atoms with Crippen molar-refractivity contribution in [1.82, 2.24) is 15.3 Å². The Balaban J connectivity index is 1.98. The molecule has 2 N–H and O–H groups in total. The third-order valence-corrected chi connectivity index (χ3v) is 2.52. The highest BCUT2D eigenvalue weighted by atomic mass is 16.1. The number of carbonyl (C=O) groups is 1. The molecule has 2 aromatic rings. The maximum absolute atomic E-state index is 12.0. The monoisotopic (exact) mass is 256 g/mol. The summed E-state index contributed by atoms with van der Waals surface area (Å²) in [6.07, 6.45) is 3.43. The summed E-state index contributed by atoms with van der Waals surface area (Å²) in [7, 11) is 0. The molecule has 5 heteroatoms. The molecule has 2 heterocycles. The fraction of sp³-hybridized carbons (Fsp3) is 0.214. The van der Waals surface area contributed by atoms with Gasteiger partial charge < -0.3 is 10.6 Å². The zero-order chi connectivity index (χ0) is 13.5. The maximum Gasteiger partial charge on any atom is 0.270 e. The van der Waals surface area contributed by atoms with Gasteiger partial charge in [0, 0.05) is 25.5 Å². The fourth-order valence-electron chi connectivity index (χ4n) is 1.62. The SMILES string of the molecule is CCNc1cccc(C(=O)NCc2cccnc2)n1. The smallest absolute Gasteiger partial charge is 0.270 e. The van der Waals surface area contributed by atoms with Gasteiger partial charge >= 0.3 is 0 Å². The number of carbonyl (C=O) groups excluding carboxylic acids is 1. The van der Waals surface area contributed by atoms with Gasteiger partial charge in [-0.1, -0.05) is 12.1 Å². The fourth-order valence-corrected chi connectivity index (χ4v) is 1.62. The number of pyridine rings is 2. The van der Waals surface area contributed by atoms with Crippen LogP contribution in [0.3, 0.4) is 0 Å². The molecule has 1 amide bonds. The summed E-state index contributed by atoms with van der Waals surface area (Å²) >= 11 is 0. The molecule has 0 saturated heterocycles. The number of nitrogens with zero attached hydrogens (tertiary/aromatic N) is 2. The van der Waals surface area contributed by atoms with Crippen LogP contribution in [-0.2, 0) is 6.54 Å². The van der Waals surface area contributed by atoms with Crippen molar-refractivity contribution in [3.05, 3.63) is 54.0 Å². The molecule has 19 heavy (non-hydrogen) atoms. The van der Waals surface area contributed by atoms with Crippen LogP contribution in [0.2, 0.25) is 0 Å². The van der Waals surface area contributed by atoms with E-state index in [9.17, 15) is 4.79 Å². The van der Waals surface area contributed by atoms with Crippen LogP contribution in [0.5, 0.6) is 0 Å². The van der Waals surface area contributed by atoms with Gasteiger partial charge in [-0.3, -0.25) is 9.78 Å². The van der Waals surface area contributed by atoms with E-state index in [1.807, 2.05) is 31.2 Å². The summed E-state index contributed by atoms with van der Waals surface area (Å²) in [6, 6.07) is 9.09. The first-order valence-corrected chi connectivity index (χ1v) is 6.17. The molecular weight excluding hydrogens is 240 g/mol. The van der Waals surface area contributed by atoms with Gasteiger partial charge in [0.05, 0.1) is 0 Å². The summed E-state index contributed by atoms with van der Waals surface area (Å²) in [5.74, 6) is 0.514. The van der Waals surface area contributed by atoms with Gasteiger partial charge in [-0.15, -0.1) is 0 Å². The molecule has 0 aliphatic heterocycles. The summed E-state index contributed by atoms with van der Waals surface area (Å²) in [6.45, 7) is 3.20. The van der Waals surface area contributed by atoms with Crippen LogP contribution in [0.4, 0.5) is 5.82 Å². The molecule has 0 unspecified atom stereocenters. The van der Waals surface area contributed by atoms with Gasteiger partial charge in [-0.25, -0.2) is 4.98 Å². The van der Waals surface area contributed by atoms with E-state index in [0.717, 1.165) is 12.1 Å². The van der Waals surface area contributed by atoms with E-state index in [0.29, 0.717) is 18.1 Å². The van der Waals surface area contributed by atoms with Crippen molar-refractivity contribution < 1.29 is 4.79 Å². The first-order valence-electron chi connectivity index (χ1n) is 6.17. The molecule has 0 atom stereocenters. The van der Waals surface area contributed by atoms with Crippen molar-refractivity contribution >= 4 is 11.7 Å². The summed E-state index contributed by atoms with van der Waals surface area (Å²) in [4.78, 5) is 20.2. The minimum Gasteiger partial charge on any atom is -0.370 e. The van der Waals surface area contributed by atoms with E-state index in [2.05, 4.69) is 20.6 Å². The molecule has 5 nitrogen and oxygen atoms in total. The lowest BCUT2D eigenvalue weighted by molar-refractivity contribution is 0.0946. The van der Waals surface area contributed by atoms with Gasteiger partial charge in [-0.2, -0.15) is 0 Å². The zero-order valence-corrected chi connectivity index (χ0v) is 10.8. The summed E-state index contributed by atoms with van der Waals surface area (Å²) in [5.41, 5.74) is 1.36. The van der Waals surface area contributed by atoms with Crippen molar-refractivity contribution in [2.24, 2.45) is 0 Å².